The van der Waals surface area contributed by atoms with Crippen molar-refractivity contribution < 1.29 is 14.3 Å². The fourth-order valence-corrected chi connectivity index (χ4v) is 2.50. The van der Waals surface area contributed by atoms with Crippen molar-refractivity contribution in [3.63, 3.8) is 0 Å². The van der Waals surface area contributed by atoms with Gasteiger partial charge in [0.15, 0.2) is 0 Å². The van der Waals surface area contributed by atoms with E-state index in [-0.39, 0.29) is 5.91 Å². The third kappa shape index (κ3) is 3.21. The van der Waals surface area contributed by atoms with E-state index in [1.165, 1.54) is 12.5 Å². The number of rotatable bonds is 5. The van der Waals surface area contributed by atoms with Gasteiger partial charge >= 0.3 is 0 Å². The number of furan rings is 1. The average Bonchev–Trinajstić information content (AvgIpc) is 3.00. The van der Waals surface area contributed by atoms with Crippen molar-refractivity contribution in [1.82, 2.24) is 5.32 Å². The Hall–Kier alpha value is -1.59. The van der Waals surface area contributed by atoms with Crippen LogP contribution in [-0.2, 0) is 6.42 Å². The Balaban J connectivity index is 1.79. The molecule has 2 heterocycles. The number of nitrogens with one attached hydrogen (secondary N) is 1. The van der Waals surface area contributed by atoms with Gasteiger partial charge in [0.05, 0.1) is 17.9 Å². The highest BCUT2D eigenvalue weighted by Crippen LogP contribution is 2.22. The quantitative estimate of drug-likeness (QED) is 0.872. The van der Waals surface area contributed by atoms with Crippen LogP contribution in [0, 0.1) is 0 Å². The average molecular weight is 265 g/mol. The summed E-state index contributed by atoms with van der Waals surface area (Å²) in [6.07, 6.45) is 3.24. The summed E-state index contributed by atoms with van der Waals surface area (Å²) in [6, 6.07) is 5.53. The van der Waals surface area contributed by atoms with Gasteiger partial charge in [-0.25, -0.2) is 0 Å². The molecule has 2 rings (SSSR count). The van der Waals surface area contributed by atoms with E-state index in [1.54, 1.807) is 24.3 Å². The lowest BCUT2D eigenvalue weighted by Gasteiger charge is -2.02. The largest absolute Gasteiger partial charge is 0.472 e. The van der Waals surface area contributed by atoms with Crippen molar-refractivity contribution in [2.24, 2.45) is 0 Å². The second-order valence-electron chi connectivity index (χ2n) is 4.00. The highest BCUT2D eigenvalue weighted by molar-refractivity contribution is 7.12. The Kier molecular flexibility index (Phi) is 4.17. The number of aliphatic hydroxyl groups is 1. The third-order valence-electron chi connectivity index (χ3n) is 2.53. The molecule has 4 nitrogen and oxygen atoms in total. The van der Waals surface area contributed by atoms with Crippen LogP contribution in [0.5, 0.6) is 0 Å². The molecule has 18 heavy (non-hydrogen) atoms. The maximum atomic E-state index is 11.6. The number of thiophene rings is 1. The number of carbonyl (C=O) groups is 1. The Morgan fingerprint density at radius 1 is 1.50 bits per heavy atom. The number of carbonyl (C=O) groups excluding carboxylic acids is 1. The predicted molar refractivity (Wildman–Crippen MR) is 69.7 cm³/mol. The van der Waals surface area contributed by atoms with Gasteiger partial charge in [-0.1, -0.05) is 0 Å². The summed E-state index contributed by atoms with van der Waals surface area (Å²) in [6.45, 7) is 2.32. The SMILES string of the molecule is CC(O)c1ccc(CCNC(=O)c2ccoc2)s1. The molecule has 0 aliphatic carbocycles. The van der Waals surface area contributed by atoms with E-state index in [9.17, 15) is 9.90 Å². The first-order valence-corrected chi connectivity index (χ1v) is 6.55. The lowest BCUT2D eigenvalue weighted by molar-refractivity contribution is 0.0953. The van der Waals surface area contributed by atoms with Gasteiger partial charge in [0.25, 0.3) is 5.91 Å². The molecule has 2 aromatic heterocycles. The molecule has 0 radical (unpaired) electrons. The third-order valence-corrected chi connectivity index (χ3v) is 3.85. The van der Waals surface area contributed by atoms with Crippen LogP contribution in [0.2, 0.25) is 0 Å². The molecule has 0 aliphatic rings. The van der Waals surface area contributed by atoms with Gasteiger partial charge in [-0.05, 0) is 31.5 Å². The van der Waals surface area contributed by atoms with E-state index >= 15 is 0 Å². The molecule has 0 fully saturated rings. The summed E-state index contributed by atoms with van der Waals surface area (Å²) in [5, 5.41) is 12.2. The molecule has 0 bridgehead atoms. The number of hydrogen-bond acceptors (Lipinski definition) is 4. The molecular weight excluding hydrogens is 250 g/mol. The van der Waals surface area contributed by atoms with Crippen molar-refractivity contribution in [3.8, 4) is 0 Å². The van der Waals surface area contributed by atoms with E-state index in [0.29, 0.717) is 12.1 Å². The Labute approximate surface area is 109 Å². The summed E-state index contributed by atoms with van der Waals surface area (Å²) in [7, 11) is 0. The van der Waals surface area contributed by atoms with E-state index in [0.717, 1.165) is 16.2 Å². The molecule has 0 saturated carbocycles. The van der Waals surface area contributed by atoms with Crippen molar-refractivity contribution in [1.29, 1.82) is 0 Å². The zero-order chi connectivity index (χ0) is 13.0. The smallest absolute Gasteiger partial charge is 0.254 e. The monoisotopic (exact) mass is 265 g/mol. The van der Waals surface area contributed by atoms with Gasteiger partial charge in [0.1, 0.15) is 6.26 Å². The fraction of sp³-hybridized carbons (Fsp3) is 0.308. The Bertz CT molecular complexity index is 502. The number of aliphatic hydroxyl groups excluding tert-OH is 1. The van der Waals surface area contributed by atoms with Gasteiger partial charge in [0.2, 0.25) is 0 Å². The van der Waals surface area contributed by atoms with Crippen molar-refractivity contribution in [2.75, 3.05) is 6.54 Å². The molecule has 96 valence electrons. The maximum Gasteiger partial charge on any atom is 0.254 e. The van der Waals surface area contributed by atoms with E-state index in [4.69, 9.17) is 4.42 Å². The molecule has 0 aromatic carbocycles. The lowest BCUT2D eigenvalue weighted by Crippen LogP contribution is -2.24. The molecule has 1 atom stereocenters. The molecule has 0 aliphatic heterocycles. The summed E-state index contributed by atoms with van der Waals surface area (Å²) in [5.74, 6) is -0.129. The number of amides is 1. The van der Waals surface area contributed by atoms with E-state index < -0.39 is 6.10 Å². The summed E-state index contributed by atoms with van der Waals surface area (Å²) in [5.41, 5.74) is 0.533. The van der Waals surface area contributed by atoms with Crippen LogP contribution in [0.1, 0.15) is 33.1 Å². The highest BCUT2D eigenvalue weighted by atomic mass is 32.1. The molecule has 0 spiro atoms. The van der Waals surface area contributed by atoms with Gasteiger partial charge in [-0.3, -0.25) is 4.79 Å². The predicted octanol–water partition coefficient (Wildman–Crippen LogP) is 2.37. The first-order valence-electron chi connectivity index (χ1n) is 5.74. The van der Waals surface area contributed by atoms with Crippen LogP contribution >= 0.6 is 11.3 Å². The zero-order valence-corrected chi connectivity index (χ0v) is 10.9. The van der Waals surface area contributed by atoms with Crippen LogP contribution in [0.25, 0.3) is 0 Å². The van der Waals surface area contributed by atoms with E-state index in [2.05, 4.69) is 5.32 Å². The highest BCUT2D eigenvalue weighted by Gasteiger charge is 2.07. The molecule has 2 aromatic rings. The minimum absolute atomic E-state index is 0.129. The zero-order valence-electron chi connectivity index (χ0n) is 10.1. The fourth-order valence-electron chi connectivity index (χ4n) is 1.55. The molecule has 5 heteroatoms. The summed E-state index contributed by atoms with van der Waals surface area (Å²) < 4.78 is 4.84. The van der Waals surface area contributed by atoms with Crippen molar-refractivity contribution in [2.45, 2.75) is 19.4 Å². The first kappa shape index (κ1) is 12.9. The summed E-state index contributed by atoms with van der Waals surface area (Å²) >= 11 is 1.57. The molecule has 2 N–H and O–H groups in total. The minimum atomic E-state index is -0.427. The minimum Gasteiger partial charge on any atom is -0.472 e. The van der Waals surface area contributed by atoms with Crippen LogP contribution in [-0.4, -0.2) is 17.6 Å². The second-order valence-corrected chi connectivity index (χ2v) is 5.20. The summed E-state index contributed by atoms with van der Waals surface area (Å²) in [4.78, 5) is 13.7. The van der Waals surface area contributed by atoms with E-state index in [1.807, 2.05) is 12.1 Å². The van der Waals surface area contributed by atoms with Crippen molar-refractivity contribution >= 4 is 17.2 Å². The van der Waals surface area contributed by atoms with Gasteiger partial charge in [0, 0.05) is 16.3 Å². The normalized spacial score (nSPS) is 12.3. The van der Waals surface area contributed by atoms with Gasteiger partial charge in [-0.2, -0.15) is 0 Å². The maximum absolute atomic E-state index is 11.6. The molecule has 0 saturated heterocycles. The van der Waals surface area contributed by atoms with Crippen LogP contribution < -0.4 is 5.32 Å². The standard InChI is InChI=1S/C13H15NO3S/c1-9(15)12-3-2-11(18-12)4-6-14-13(16)10-5-7-17-8-10/h2-3,5,7-9,15H,4,6H2,1H3,(H,14,16). The second kappa shape index (κ2) is 5.84. The number of hydrogen-bond donors (Lipinski definition) is 2. The van der Waals surface area contributed by atoms with Gasteiger partial charge < -0.3 is 14.8 Å². The topological polar surface area (TPSA) is 62.5 Å². The first-order chi connectivity index (χ1) is 8.66. The Morgan fingerprint density at radius 3 is 2.94 bits per heavy atom. The Morgan fingerprint density at radius 2 is 2.33 bits per heavy atom. The molecular formula is C13H15NO3S. The van der Waals surface area contributed by atoms with Crippen LogP contribution in [0.3, 0.4) is 0 Å². The van der Waals surface area contributed by atoms with Crippen LogP contribution in [0.4, 0.5) is 0 Å². The molecule has 1 unspecified atom stereocenters. The molecule has 1 amide bonds. The van der Waals surface area contributed by atoms with Gasteiger partial charge in [-0.15, -0.1) is 11.3 Å². The lowest BCUT2D eigenvalue weighted by atomic mass is 10.3. The van der Waals surface area contributed by atoms with Crippen LogP contribution in [0.15, 0.2) is 35.1 Å². The van der Waals surface area contributed by atoms with Crippen molar-refractivity contribution in [3.05, 3.63) is 46.0 Å².